The minimum atomic E-state index is 0.519. The van der Waals surface area contributed by atoms with E-state index in [0.29, 0.717) is 6.04 Å². The van der Waals surface area contributed by atoms with Crippen molar-refractivity contribution in [2.75, 3.05) is 6.54 Å². The Morgan fingerprint density at radius 3 is 2.91 bits per heavy atom. The Morgan fingerprint density at radius 2 is 2.17 bits per heavy atom. The topological polar surface area (TPSA) is 64.7 Å². The Balaban J connectivity index is 1.42. The molecule has 4 rings (SSSR count). The predicted molar refractivity (Wildman–Crippen MR) is 84.8 cm³/mol. The van der Waals surface area contributed by atoms with Crippen LogP contribution in [0.4, 0.5) is 0 Å². The molecular formula is C16H19N7. The second-order valence-electron chi connectivity index (χ2n) is 5.88. The first kappa shape index (κ1) is 14.1. The minimum absolute atomic E-state index is 0.519. The Labute approximate surface area is 134 Å². The Bertz CT molecular complexity index is 718. The largest absolute Gasteiger partial charge is 0.294 e. The van der Waals surface area contributed by atoms with Gasteiger partial charge < -0.3 is 0 Å². The maximum Gasteiger partial charge on any atom is 0.137 e. The van der Waals surface area contributed by atoms with Crippen molar-refractivity contribution in [2.24, 2.45) is 0 Å². The van der Waals surface area contributed by atoms with Crippen molar-refractivity contribution >= 4 is 0 Å². The second kappa shape index (κ2) is 6.29. The molecule has 0 radical (unpaired) electrons. The van der Waals surface area contributed by atoms with E-state index < -0.39 is 0 Å². The van der Waals surface area contributed by atoms with Crippen LogP contribution in [0.15, 0.2) is 49.7 Å². The van der Waals surface area contributed by atoms with E-state index in [1.807, 2.05) is 27.7 Å². The number of pyridine rings is 1. The van der Waals surface area contributed by atoms with Gasteiger partial charge >= 0.3 is 0 Å². The van der Waals surface area contributed by atoms with Gasteiger partial charge in [0.25, 0.3) is 0 Å². The lowest BCUT2D eigenvalue weighted by Crippen LogP contribution is -2.32. The highest BCUT2D eigenvalue weighted by Gasteiger charge is 2.25. The molecule has 0 spiro atoms. The molecule has 1 atom stereocenters. The van der Waals surface area contributed by atoms with Gasteiger partial charge in [-0.2, -0.15) is 5.10 Å². The Morgan fingerprint density at radius 1 is 1.17 bits per heavy atom. The van der Waals surface area contributed by atoms with Gasteiger partial charge in [0, 0.05) is 31.2 Å². The molecule has 1 unspecified atom stereocenters. The van der Waals surface area contributed by atoms with Gasteiger partial charge in [-0.25, -0.2) is 15.0 Å². The van der Waals surface area contributed by atoms with E-state index in [1.54, 1.807) is 25.2 Å². The minimum Gasteiger partial charge on any atom is -0.294 e. The molecule has 118 valence electrons. The molecule has 0 bridgehead atoms. The van der Waals surface area contributed by atoms with E-state index in [9.17, 15) is 0 Å². The maximum atomic E-state index is 4.53. The lowest BCUT2D eigenvalue weighted by Gasteiger charge is -2.24. The van der Waals surface area contributed by atoms with Crippen LogP contribution in [0.2, 0.25) is 0 Å². The van der Waals surface area contributed by atoms with Crippen molar-refractivity contribution in [3.8, 4) is 5.82 Å². The fraction of sp³-hybridized carbons (Fsp3) is 0.375. The number of rotatable bonds is 5. The van der Waals surface area contributed by atoms with Gasteiger partial charge in [-0.3, -0.25) is 14.1 Å². The van der Waals surface area contributed by atoms with Crippen molar-refractivity contribution in [1.29, 1.82) is 0 Å². The molecule has 0 N–H and O–H groups in total. The molecule has 4 heterocycles. The number of hydrogen-bond donors (Lipinski definition) is 0. The van der Waals surface area contributed by atoms with Crippen LogP contribution in [-0.4, -0.2) is 46.8 Å². The van der Waals surface area contributed by atoms with Gasteiger partial charge in [0.1, 0.15) is 24.8 Å². The third kappa shape index (κ3) is 3.14. The number of imidazole rings is 1. The summed E-state index contributed by atoms with van der Waals surface area (Å²) in [5, 5.41) is 4.22. The van der Waals surface area contributed by atoms with E-state index in [-0.39, 0.29) is 0 Å². The zero-order valence-corrected chi connectivity index (χ0v) is 12.9. The molecule has 1 aliphatic rings. The van der Waals surface area contributed by atoms with Gasteiger partial charge in [0.2, 0.25) is 0 Å². The van der Waals surface area contributed by atoms with Crippen LogP contribution in [0, 0.1) is 0 Å². The molecular weight excluding hydrogens is 290 g/mol. The summed E-state index contributed by atoms with van der Waals surface area (Å²) in [6, 6.07) is 4.71. The third-order valence-corrected chi connectivity index (χ3v) is 4.33. The molecule has 0 saturated carbocycles. The highest BCUT2D eigenvalue weighted by atomic mass is 15.3. The summed E-state index contributed by atoms with van der Waals surface area (Å²) in [4.78, 5) is 15.1. The smallest absolute Gasteiger partial charge is 0.137 e. The first-order valence-electron chi connectivity index (χ1n) is 7.88. The molecule has 23 heavy (non-hydrogen) atoms. The van der Waals surface area contributed by atoms with Crippen LogP contribution in [0.3, 0.4) is 0 Å². The second-order valence-corrected chi connectivity index (χ2v) is 5.88. The van der Waals surface area contributed by atoms with Crippen molar-refractivity contribution in [3.63, 3.8) is 0 Å². The van der Waals surface area contributed by atoms with Crippen LogP contribution >= 0.6 is 0 Å². The molecule has 7 nitrogen and oxygen atoms in total. The average Bonchev–Trinajstić information content (AvgIpc) is 3.32. The molecule has 0 aromatic carbocycles. The molecule has 1 saturated heterocycles. The van der Waals surface area contributed by atoms with Crippen LogP contribution in [0.25, 0.3) is 5.82 Å². The van der Waals surface area contributed by atoms with E-state index >= 15 is 0 Å². The summed E-state index contributed by atoms with van der Waals surface area (Å²) in [7, 11) is 0. The molecule has 0 aliphatic carbocycles. The summed E-state index contributed by atoms with van der Waals surface area (Å²) < 4.78 is 3.83. The molecule has 3 aromatic heterocycles. The van der Waals surface area contributed by atoms with Crippen LogP contribution in [-0.2, 0) is 13.1 Å². The fourth-order valence-corrected chi connectivity index (χ4v) is 3.15. The molecule has 0 amide bonds. The number of nitrogens with zero attached hydrogens (tertiary/aromatic N) is 7. The van der Waals surface area contributed by atoms with Gasteiger partial charge in [-0.05, 0) is 31.0 Å². The van der Waals surface area contributed by atoms with Crippen LogP contribution < -0.4 is 0 Å². The summed E-state index contributed by atoms with van der Waals surface area (Å²) in [5.41, 5.74) is 1.24. The maximum absolute atomic E-state index is 4.53. The standard InChI is InChI=1S/C16H19N7/c1-2-15(10-23-13-18-11-20-23)21(6-1)9-14-3-4-16(19-8-14)22-7-5-17-12-22/h3-5,7-8,11-13,15H,1-2,6,9-10H2. The van der Waals surface area contributed by atoms with Gasteiger partial charge in [-0.15, -0.1) is 0 Å². The highest BCUT2D eigenvalue weighted by molar-refractivity contribution is 5.25. The lowest BCUT2D eigenvalue weighted by molar-refractivity contribution is 0.219. The van der Waals surface area contributed by atoms with Gasteiger partial charge in [0.05, 0.1) is 6.54 Å². The number of aromatic nitrogens is 6. The van der Waals surface area contributed by atoms with Crippen molar-refractivity contribution < 1.29 is 0 Å². The molecule has 7 heteroatoms. The third-order valence-electron chi connectivity index (χ3n) is 4.33. The Kier molecular flexibility index (Phi) is 3.85. The van der Waals surface area contributed by atoms with E-state index in [2.05, 4.69) is 31.0 Å². The summed E-state index contributed by atoms with van der Waals surface area (Å²) in [6.07, 6.45) is 13.2. The normalized spacial score (nSPS) is 18.5. The number of likely N-dealkylation sites (tertiary alicyclic amines) is 1. The zero-order chi connectivity index (χ0) is 15.5. The first-order valence-corrected chi connectivity index (χ1v) is 7.88. The van der Waals surface area contributed by atoms with Crippen LogP contribution in [0.1, 0.15) is 18.4 Å². The van der Waals surface area contributed by atoms with Crippen molar-refractivity contribution in [2.45, 2.75) is 32.0 Å². The predicted octanol–water partition coefficient (Wildman–Crippen LogP) is 1.52. The SMILES string of the molecule is c1cn(-c2ccc(CN3CCCC3Cn3cncn3)cn2)cn1. The van der Waals surface area contributed by atoms with Gasteiger partial charge in [-0.1, -0.05) is 6.07 Å². The molecule has 1 fully saturated rings. The Hall–Kier alpha value is -2.54. The quantitative estimate of drug-likeness (QED) is 0.715. The zero-order valence-electron chi connectivity index (χ0n) is 12.9. The lowest BCUT2D eigenvalue weighted by atomic mass is 10.2. The van der Waals surface area contributed by atoms with E-state index in [0.717, 1.165) is 25.5 Å². The first-order chi connectivity index (χ1) is 11.4. The van der Waals surface area contributed by atoms with Crippen LogP contribution in [0.5, 0.6) is 0 Å². The van der Waals surface area contributed by atoms with E-state index in [1.165, 1.54) is 18.4 Å². The molecule has 1 aliphatic heterocycles. The summed E-state index contributed by atoms with van der Waals surface area (Å²) in [6.45, 7) is 2.96. The van der Waals surface area contributed by atoms with Gasteiger partial charge in [0.15, 0.2) is 0 Å². The fourth-order valence-electron chi connectivity index (χ4n) is 3.15. The van der Waals surface area contributed by atoms with Crippen molar-refractivity contribution in [3.05, 3.63) is 55.3 Å². The summed E-state index contributed by atoms with van der Waals surface area (Å²) in [5.74, 6) is 0.895. The van der Waals surface area contributed by atoms with Crippen molar-refractivity contribution in [1.82, 2.24) is 34.2 Å². The van der Waals surface area contributed by atoms with E-state index in [4.69, 9.17) is 0 Å². The average molecular weight is 309 g/mol. The summed E-state index contributed by atoms with van der Waals surface area (Å²) >= 11 is 0. The highest BCUT2D eigenvalue weighted by Crippen LogP contribution is 2.21. The number of hydrogen-bond acceptors (Lipinski definition) is 5. The monoisotopic (exact) mass is 309 g/mol. The molecule has 3 aromatic rings.